The molecule has 0 aliphatic heterocycles. The largest absolute Gasteiger partial charge is 0.309 e. The number of nitrogens with zero attached hydrogens (tertiary/aromatic N) is 2. The number of fused-ring (bicyclic) bond motifs is 12. The number of aromatic nitrogens is 2. The van der Waals surface area contributed by atoms with Crippen molar-refractivity contribution in [2.75, 3.05) is 0 Å². The van der Waals surface area contributed by atoms with E-state index in [1.807, 2.05) is 0 Å². The Hall–Kier alpha value is -9.76. The maximum absolute atomic E-state index is 2.54. The van der Waals surface area contributed by atoms with E-state index in [1.165, 1.54) is 138 Å². The second kappa shape index (κ2) is 17.9. The summed E-state index contributed by atoms with van der Waals surface area (Å²) in [7, 11) is 0. The van der Waals surface area contributed by atoms with E-state index in [1.54, 1.807) is 0 Å². The fraction of sp³-hybridized carbons (Fsp3) is 0.0886. The normalized spacial score (nSPS) is 13.7. The van der Waals surface area contributed by atoms with Crippen molar-refractivity contribution in [3.8, 4) is 67.0 Å². The molecule has 0 amide bonds. The fourth-order valence-corrected chi connectivity index (χ4v) is 14.4. The van der Waals surface area contributed by atoms with Gasteiger partial charge in [-0.1, -0.05) is 222 Å². The molecule has 384 valence electrons. The Bertz CT molecular complexity index is 4730. The zero-order chi connectivity index (χ0) is 54.1. The molecule has 0 spiro atoms. The smallest absolute Gasteiger partial charge is 0.0544 e. The van der Waals surface area contributed by atoms with Crippen LogP contribution in [0.25, 0.3) is 111 Å². The van der Waals surface area contributed by atoms with Crippen molar-refractivity contribution in [1.29, 1.82) is 0 Å². The van der Waals surface area contributed by atoms with Gasteiger partial charge in [0.1, 0.15) is 0 Å². The topological polar surface area (TPSA) is 9.86 Å². The van der Waals surface area contributed by atoms with Crippen molar-refractivity contribution < 1.29 is 0 Å². The first-order valence-electron chi connectivity index (χ1n) is 28.6. The SMILES string of the molecule is CC1(C)c2ccccc2-c2cc3c4cc(-c5ccc6c(c5)c5cc7c(cc5n6-c5cc(-c6ccccc6)cc(-c6ccccc6)c5)C(C)(C)c5ccccc5-7)ccc4n(-c4ccc(C(c5ccccc5)c5ccccc5)cc4)c3cc21. The second-order valence-corrected chi connectivity index (χ2v) is 23.7. The molecule has 14 aromatic rings. The van der Waals surface area contributed by atoms with Crippen molar-refractivity contribution in [3.05, 3.63) is 312 Å². The second-order valence-electron chi connectivity index (χ2n) is 23.7. The van der Waals surface area contributed by atoms with E-state index in [-0.39, 0.29) is 16.7 Å². The highest BCUT2D eigenvalue weighted by molar-refractivity contribution is 6.15. The summed E-state index contributed by atoms with van der Waals surface area (Å²) in [6, 6.07) is 102. The minimum Gasteiger partial charge on any atom is -0.309 e. The minimum atomic E-state index is -0.158. The Kier molecular flexibility index (Phi) is 10.4. The van der Waals surface area contributed by atoms with Crippen LogP contribution in [0.4, 0.5) is 0 Å². The lowest BCUT2D eigenvalue weighted by atomic mass is 9.82. The van der Waals surface area contributed by atoms with Gasteiger partial charge in [-0.05, 0) is 173 Å². The highest BCUT2D eigenvalue weighted by Crippen LogP contribution is 2.53. The number of hydrogen-bond acceptors (Lipinski definition) is 0. The van der Waals surface area contributed by atoms with Crippen LogP contribution in [0, 0.1) is 0 Å². The van der Waals surface area contributed by atoms with E-state index in [0.717, 1.165) is 11.4 Å². The van der Waals surface area contributed by atoms with Crippen LogP contribution < -0.4 is 0 Å². The summed E-state index contributed by atoms with van der Waals surface area (Å²) in [5, 5.41) is 5.00. The third-order valence-electron chi connectivity index (χ3n) is 18.4. The Morgan fingerprint density at radius 1 is 0.247 bits per heavy atom. The van der Waals surface area contributed by atoms with Gasteiger partial charge in [-0.3, -0.25) is 0 Å². The quantitative estimate of drug-likeness (QED) is 0.134. The van der Waals surface area contributed by atoms with Gasteiger partial charge in [-0.15, -0.1) is 0 Å². The molecular weight excluding hydrogens is 977 g/mol. The zero-order valence-electron chi connectivity index (χ0n) is 46.0. The van der Waals surface area contributed by atoms with Gasteiger partial charge in [-0.25, -0.2) is 0 Å². The monoisotopic (exact) mass is 1030 g/mol. The first-order valence-corrected chi connectivity index (χ1v) is 28.6. The predicted molar refractivity (Wildman–Crippen MR) is 340 cm³/mol. The summed E-state index contributed by atoms with van der Waals surface area (Å²) in [6.07, 6.45) is 0. The first-order chi connectivity index (χ1) is 39.7. The van der Waals surface area contributed by atoms with Crippen molar-refractivity contribution >= 4 is 43.6 Å². The molecular formula is C79H58N2. The molecule has 2 aliphatic rings. The predicted octanol–water partition coefficient (Wildman–Crippen LogP) is 20.7. The minimum absolute atomic E-state index is 0.117. The van der Waals surface area contributed by atoms with Crippen LogP contribution in [0.1, 0.15) is 72.6 Å². The summed E-state index contributed by atoms with van der Waals surface area (Å²) >= 11 is 0. The van der Waals surface area contributed by atoms with Gasteiger partial charge in [0.2, 0.25) is 0 Å². The van der Waals surface area contributed by atoms with E-state index >= 15 is 0 Å². The molecule has 2 nitrogen and oxygen atoms in total. The lowest BCUT2D eigenvalue weighted by molar-refractivity contribution is 0.661. The van der Waals surface area contributed by atoms with Gasteiger partial charge in [0, 0.05) is 49.7 Å². The lowest BCUT2D eigenvalue weighted by Crippen LogP contribution is -2.15. The average molecular weight is 1040 g/mol. The maximum Gasteiger partial charge on any atom is 0.0544 e. The molecule has 0 bridgehead atoms. The highest BCUT2D eigenvalue weighted by atomic mass is 15.0. The third kappa shape index (κ3) is 7.26. The summed E-state index contributed by atoms with van der Waals surface area (Å²) in [4.78, 5) is 0. The molecule has 16 rings (SSSR count). The summed E-state index contributed by atoms with van der Waals surface area (Å²) < 4.78 is 5.05. The molecule has 2 aliphatic carbocycles. The molecule has 0 atom stereocenters. The van der Waals surface area contributed by atoms with Gasteiger partial charge in [-0.2, -0.15) is 0 Å². The van der Waals surface area contributed by atoms with Crippen LogP contribution in [0.15, 0.2) is 273 Å². The molecule has 2 heterocycles. The molecule has 12 aromatic carbocycles. The summed E-state index contributed by atoms with van der Waals surface area (Å²) in [5.41, 5.74) is 28.6. The highest BCUT2D eigenvalue weighted by Gasteiger charge is 2.38. The summed E-state index contributed by atoms with van der Waals surface area (Å²) in [6.45, 7) is 9.56. The van der Waals surface area contributed by atoms with E-state index in [0.29, 0.717) is 0 Å². The molecule has 0 fully saturated rings. The van der Waals surface area contributed by atoms with Crippen LogP contribution in [0.3, 0.4) is 0 Å². The van der Waals surface area contributed by atoms with Gasteiger partial charge >= 0.3 is 0 Å². The number of hydrogen-bond donors (Lipinski definition) is 0. The van der Waals surface area contributed by atoms with Crippen LogP contribution in [-0.2, 0) is 10.8 Å². The van der Waals surface area contributed by atoms with E-state index in [2.05, 4.69) is 310 Å². The van der Waals surface area contributed by atoms with Gasteiger partial charge < -0.3 is 9.13 Å². The summed E-state index contributed by atoms with van der Waals surface area (Å²) in [5.74, 6) is 0.117. The molecule has 0 unspecified atom stereocenters. The fourth-order valence-electron chi connectivity index (χ4n) is 14.4. The Morgan fingerprint density at radius 3 is 1.09 bits per heavy atom. The Balaban J connectivity index is 0.908. The van der Waals surface area contributed by atoms with Gasteiger partial charge in [0.25, 0.3) is 0 Å². The zero-order valence-corrected chi connectivity index (χ0v) is 46.0. The molecule has 0 saturated carbocycles. The Labute approximate surface area is 473 Å². The number of rotatable bonds is 8. The van der Waals surface area contributed by atoms with Crippen LogP contribution >= 0.6 is 0 Å². The standard InChI is InChI=1S/C79H58N2/c1-78(2)69-31-19-17-29-61(69)63-46-67-65-44-55(35-39-73(65)80(75(67)48-71(63)78)59-37-33-54(34-38-59)77(52-25-13-7-14-26-52)53-27-15-8-16-28-53)56-36-40-74-66(45-56)68-47-64-62-30-18-20-32-70(62)79(3,4)72(64)49-76(68)81(74)60-42-57(50-21-9-5-10-22-50)41-58(43-60)51-23-11-6-12-24-51/h5-49,77H,1-4H3. The third-order valence-corrected chi connectivity index (χ3v) is 18.4. The van der Waals surface area contributed by atoms with Crippen LogP contribution in [-0.4, -0.2) is 9.13 Å². The van der Waals surface area contributed by atoms with Crippen LogP contribution in [0.5, 0.6) is 0 Å². The van der Waals surface area contributed by atoms with E-state index in [9.17, 15) is 0 Å². The molecule has 0 saturated heterocycles. The van der Waals surface area contributed by atoms with E-state index < -0.39 is 0 Å². The van der Waals surface area contributed by atoms with Crippen LogP contribution in [0.2, 0.25) is 0 Å². The van der Waals surface area contributed by atoms with Crippen molar-refractivity contribution in [2.24, 2.45) is 0 Å². The Morgan fingerprint density at radius 2 is 0.630 bits per heavy atom. The van der Waals surface area contributed by atoms with Gasteiger partial charge in [0.05, 0.1) is 22.1 Å². The molecule has 2 heteroatoms. The van der Waals surface area contributed by atoms with Crippen molar-refractivity contribution in [2.45, 2.75) is 44.4 Å². The number of benzene rings is 12. The molecule has 2 aromatic heterocycles. The molecule has 0 N–H and O–H groups in total. The maximum atomic E-state index is 2.54. The van der Waals surface area contributed by atoms with Crippen molar-refractivity contribution in [3.63, 3.8) is 0 Å². The molecule has 81 heavy (non-hydrogen) atoms. The first kappa shape index (κ1) is 47.3. The van der Waals surface area contributed by atoms with Crippen molar-refractivity contribution in [1.82, 2.24) is 9.13 Å². The lowest BCUT2D eigenvalue weighted by Gasteiger charge is -2.22. The molecule has 0 radical (unpaired) electrons. The van der Waals surface area contributed by atoms with Gasteiger partial charge in [0.15, 0.2) is 0 Å². The average Bonchev–Trinajstić information content (AvgIpc) is 3.40. The van der Waals surface area contributed by atoms with E-state index in [4.69, 9.17) is 0 Å².